The topological polar surface area (TPSA) is 101 Å². The Labute approximate surface area is 165 Å². The molecule has 0 saturated carbocycles. The van der Waals surface area contributed by atoms with E-state index in [1.165, 1.54) is 29.2 Å². The van der Waals surface area contributed by atoms with Crippen molar-refractivity contribution in [3.05, 3.63) is 64.4 Å². The number of amides is 2. The minimum Gasteiger partial charge on any atom is -0.373 e. The predicted molar refractivity (Wildman–Crippen MR) is 102 cm³/mol. The lowest BCUT2D eigenvalue weighted by molar-refractivity contribution is -0.147. The van der Waals surface area contributed by atoms with Gasteiger partial charge in [-0.1, -0.05) is 17.7 Å². The average Bonchev–Trinajstić information content (AvgIpc) is 2.95. The third kappa shape index (κ3) is 3.90. The SMILES string of the molecule is NC(=O)c1cccc(N2CC[C@](O)(C(=O)CCc3cc(F)cc(Cl)c3)C2=O)c1. The van der Waals surface area contributed by atoms with Gasteiger partial charge < -0.3 is 15.7 Å². The van der Waals surface area contributed by atoms with Gasteiger partial charge >= 0.3 is 0 Å². The molecule has 0 spiro atoms. The molecule has 2 aromatic carbocycles. The lowest BCUT2D eigenvalue weighted by atomic mass is 9.92. The second-order valence-electron chi connectivity index (χ2n) is 6.68. The number of benzene rings is 2. The summed E-state index contributed by atoms with van der Waals surface area (Å²) in [5.74, 6) is -2.57. The fraction of sp³-hybridized carbons (Fsp3) is 0.250. The molecule has 0 bridgehead atoms. The molecule has 0 radical (unpaired) electrons. The van der Waals surface area contributed by atoms with Crippen LogP contribution in [0.4, 0.5) is 10.1 Å². The van der Waals surface area contributed by atoms with E-state index in [2.05, 4.69) is 0 Å². The van der Waals surface area contributed by atoms with Crippen LogP contribution < -0.4 is 10.6 Å². The van der Waals surface area contributed by atoms with Gasteiger partial charge in [-0.05, 0) is 48.4 Å². The van der Waals surface area contributed by atoms with E-state index < -0.39 is 29.0 Å². The zero-order valence-electron chi connectivity index (χ0n) is 14.8. The van der Waals surface area contributed by atoms with Crippen molar-refractivity contribution in [3.8, 4) is 0 Å². The maximum atomic E-state index is 13.4. The zero-order valence-corrected chi connectivity index (χ0v) is 15.6. The Kier molecular flexibility index (Phi) is 5.49. The molecule has 1 heterocycles. The van der Waals surface area contributed by atoms with Crippen LogP contribution in [0.25, 0.3) is 0 Å². The van der Waals surface area contributed by atoms with Crippen molar-refractivity contribution in [2.75, 3.05) is 11.4 Å². The van der Waals surface area contributed by atoms with E-state index >= 15 is 0 Å². The maximum absolute atomic E-state index is 13.4. The van der Waals surface area contributed by atoms with Gasteiger partial charge in [-0.3, -0.25) is 14.4 Å². The number of carbonyl (C=O) groups excluding carboxylic acids is 3. The molecule has 6 nitrogen and oxygen atoms in total. The molecule has 1 saturated heterocycles. The van der Waals surface area contributed by atoms with Gasteiger partial charge in [0.2, 0.25) is 11.5 Å². The van der Waals surface area contributed by atoms with Crippen molar-refractivity contribution in [3.63, 3.8) is 0 Å². The molecule has 1 atom stereocenters. The van der Waals surface area contributed by atoms with Gasteiger partial charge in [-0.15, -0.1) is 0 Å². The Morgan fingerprint density at radius 3 is 2.68 bits per heavy atom. The average molecular weight is 405 g/mol. The molecule has 1 fully saturated rings. The van der Waals surface area contributed by atoms with Crippen LogP contribution in [0.15, 0.2) is 42.5 Å². The number of hydrogen-bond acceptors (Lipinski definition) is 4. The number of anilines is 1. The van der Waals surface area contributed by atoms with E-state index in [-0.39, 0.29) is 36.4 Å². The van der Waals surface area contributed by atoms with Gasteiger partial charge in [-0.25, -0.2) is 4.39 Å². The van der Waals surface area contributed by atoms with Gasteiger partial charge in [0.25, 0.3) is 5.91 Å². The molecule has 2 aromatic rings. The minimum atomic E-state index is -2.15. The number of aliphatic hydroxyl groups is 1. The summed E-state index contributed by atoms with van der Waals surface area (Å²) in [6.07, 6.45) is -0.0738. The standard InChI is InChI=1S/C20H18ClFN2O4/c21-14-8-12(9-15(22)11-14)4-5-17(25)20(28)6-7-24(19(20)27)16-3-1-2-13(10-16)18(23)26/h1-3,8-11,28H,4-7H2,(H2,23,26)/t20-/m0/s1. The summed E-state index contributed by atoms with van der Waals surface area (Å²) in [4.78, 5) is 37.9. The van der Waals surface area contributed by atoms with Gasteiger partial charge in [-0.2, -0.15) is 0 Å². The fourth-order valence-corrected chi connectivity index (χ4v) is 3.50. The molecule has 0 aliphatic carbocycles. The van der Waals surface area contributed by atoms with Crippen LogP contribution >= 0.6 is 11.6 Å². The Morgan fingerprint density at radius 2 is 2.00 bits per heavy atom. The first-order valence-electron chi connectivity index (χ1n) is 8.63. The molecule has 0 aromatic heterocycles. The summed E-state index contributed by atoms with van der Waals surface area (Å²) < 4.78 is 13.4. The van der Waals surface area contributed by atoms with Crippen LogP contribution in [0, 0.1) is 5.82 Å². The Bertz CT molecular complexity index is 945. The monoisotopic (exact) mass is 404 g/mol. The van der Waals surface area contributed by atoms with Crippen LogP contribution in [0.5, 0.6) is 0 Å². The first-order valence-corrected chi connectivity index (χ1v) is 9.01. The van der Waals surface area contributed by atoms with Crippen molar-refractivity contribution in [2.24, 2.45) is 5.73 Å². The largest absolute Gasteiger partial charge is 0.373 e. The molecule has 8 heteroatoms. The third-order valence-corrected chi connectivity index (χ3v) is 4.98. The summed E-state index contributed by atoms with van der Waals surface area (Å²) in [6, 6.07) is 10.0. The Morgan fingerprint density at radius 1 is 1.25 bits per heavy atom. The second kappa shape index (κ2) is 7.69. The highest BCUT2D eigenvalue weighted by Crippen LogP contribution is 2.31. The van der Waals surface area contributed by atoms with Crippen LogP contribution in [-0.2, 0) is 16.0 Å². The lowest BCUT2D eigenvalue weighted by Crippen LogP contribution is -2.47. The van der Waals surface area contributed by atoms with E-state index in [1.807, 2.05) is 0 Å². The fourth-order valence-electron chi connectivity index (χ4n) is 3.26. The van der Waals surface area contributed by atoms with Gasteiger partial charge in [0.15, 0.2) is 5.78 Å². The van der Waals surface area contributed by atoms with E-state index in [0.717, 1.165) is 6.07 Å². The number of carbonyl (C=O) groups is 3. The number of rotatable bonds is 6. The van der Waals surface area contributed by atoms with Gasteiger partial charge in [0.1, 0.15) is 5.82 Å². The number of primary amides is 1. The molecule has 0 unspecified atom stereocenters. The summed E-state index contributed by atoms with van der Waals surface area (Å²) in [6.45, 7) is 0.120. The molecule has 2 amide bonds. The highest BCUT2D eigenvalue weighted by Gasteiger charge is 2.50. The highest BCUT2D eigenvalue weighted by molar-refractivity contribution is 6.30. The maximum Gasteiger partial charge on any atom is 0.266 e. The summed E-state index contributed by atoms with van der Waals surface area (Å²) in [5.41, 5.74) is 4.19. The molecule has 1 aliphatic rings. The smallest absolute Gasteiger partial charge is 0.266 e. The van der Waals surface area contributed by atoms with Crippen molar-refractivity contribution >= 4 is 34.9 Å². The third-order valence-electron chi connectivity index (χ3n) is 4.76. The number of hydrogen-bond donors (Lipinski definition) is 2. The number of Topliss-reactive ketones (excluding diaryl/α,β-unsaturated/α-hetero) is 1. The number of nitrogens with zero attached hydrogens (tertiary/aromatic N) is 1. The molecule has 3 rings (SSSR count). The van der Waals surface area contributed by atoms with Crippen LogP contribution in [0.2, 0.25) is 5.02 Å². The number of aryl methyl sites for hydroxylation is 1. The van der Waals surface area contributed by atoms with Crippen LogP contribution in [0.3, 0.4) is 0 Å². The molecule has 28 heavy (non-hydrogen) atoms. The van der Waals surface area contributed by atoms with Crippen molar-refractivity contribution in [1.82, 2.24) is 0 Å². The lowest BCUT2D eigenvalue weighted by Gasteiger charge is -2.21. The summed E-state index contributed by atoms with van der Waals surface area (Å²) >= 11 is 5.80. The van der Waals surface area contributed by atoms with E-state index in [1.54, 1.807) is 12.1 Å². The second-order valence-corrected chi connectivity index (χ2v) is 7.12. The zero-order chi connectivity index (χ0) is 20.5. The first kappa shape index (κ1) is 20.0. The van der Waals surface area contributed by atoms with Crippen molar-refractivity contribution in [2.45, 2.75) is 24.9 Å². The summed E-state index contributed by atoms with van der Waals surface area (Å²) in [5, 5.41) is 10.9. The Balaban J connectivity index is 1.73. The number of halogens is 2. The minimum absolute atomic E-state index is 0.0740. The predicted octanol–water partition coefficient (Wildman–Crippen LogP) is 2.25. The van der Waals surface area contributed by atoms with Crippen molar-refractivity contribution in [1.29, 1.82) is 0 Å². The molecule has 1 aliphatic heterocycles. The summed E-state index contributed by atoms with van der Waals surface area (Å²) in [7, 11) is 0. The normalized spacial score (nSPS) is 19.1. The van der Waals surface area contributed by atoms with Gasteiger partial charge in [0, 0.05) is 35.7 Å². The van der Waals surface area contributed by atoms with Crippen LogP contribution in [-0.4, -0.2) is 34.8 Å². The number of ketones is 1. The van der Waals surface area contributed by atoms with E-state index in [9.17, 15) is 23.9 Å². The molecule has 146 valence electrons. The highest BCUT2D eigenvalue weighted by atomic mass is 35.5. The van der Waals surface area contributed by atoms with Crippen LogP contribution in [0.1, 0.15) is 28.8 Å². The number of nitrogens with two attached hydrogens (primary N) is 1. The van der Waals surface area contributed by atoms with E-state index in [0.29, 0.717) is 11.3 Å². The quantitative estimate of drug-likeness (QED) is 0.721. The first-order chi connectivity index (χ1) is 13.2. The Hall–Kier alpha value is -2.77. The molecular formula is C20H18ClFN2O4. The molecule has 3 N–H and O–H groups in total. The van der Waals surface area contributed by atoms with Crippen molar-refractivity contribution < 1.29 is 23.9 Å². The van der Waals surface area contributed by atoms with Gasteiger partial charge in [0.05, 0.1) is 0 Å². The molecular weight excluding hydrogens is 387 g/mol. The van der Waals surface area contributed by atoms with E-state index in [4.69, 9.17) is 17.3 Å².